The minimum atomic E-state index is -0.193. The number of cyclic esters (lactones) is 1. The number of carbonyl (C=O) groups excluding carboxylic acids is 2. The largest absolute Gasteiger partial charge is 0.457 e. The van der Waals surface area contributed by atoms with Gasteiger partial charge >= 0.3 is 5.97 Å². The number of fused-ring (bicyclic) bond motifs is 1. The maximum atomic E-state index is 12.3. The van der Waals surface area contributed by atoms with E-state index in [9.17, 15) is 9.59 Å². The van der Waals surface area contributed by atoms with Crippen LogP contribution in [0.1, 0.15) is 40.0 Å². The first kappa shape index (κ1) is 31.7. The lowest BCUT2D eigenvalue weighted by Gasteiger charge is -2.27. The molecule has 0 radical (unpaired) electrons. The molecule has 9 nitrogen and oxygen atoms in total. The molecule has 6 N–H and O–H groups in total. The number of rotatable bonds is 15. The summed E-state index contributed by atoms with van der Waals surface area (Å²) in [5.41, 5.74) is 5.07. The molecule has 0 aromatic rings. The van der Waals surface area contributed by atoms with Gasteiger partial charge in [-0.05, 0) is 54.7 Å². The smallest absolute Gasteiger partial charge is 0.338 e. The van der Waals surface area contributed by atoms with Crippen LogP contribution >= 0.6 is 11.8 Å². The lowest BCUT2D eigenvalue weighted by Crippen LogP contribution is -2.38. The van der Waals surface area contributed by atoms with Crippen LogP contribution in [0.4, 0.5) is 0 Å². The van der Waals surface area contributed by atoms with Gasteiger partial charge in [0, 0.05) is 24.9 Å². The lowest BCUT2D eigenvalue weighted by molar-refractivity contribution is -0.135. The normalized spacial score (nSPS) is 17.4. The van der Waals surface area contributed by atoms with E-state index in [-0.39, 0.29) is 18.3 Å². The zero-order valence-electron chi connectivity index (χ0n) is 22.2. The first-order chi connectivity index (χ1) is 17.4. The Bertz CT molecular complexity index is 853. The molecule has 1 aliphatic carbocycles. The second-order valence-corrected chi connectivity index (χ2v) is 8.93. The minimum Gasteiger partial charge on any atom is -0.457 e. The molecule has 2 aliphatic rings. The molecule has 1 heterocycles. The monoisotopic (exact) mass is 520 g/mol. The molecule has 0 saturated carbocycles. The summed E-state index contributed by atoms with van der Waals surface area (Å²) in [5.74, 6) is 11.1. The predicted molar refractivity (Wildman–Crippen MR) is 149 cm³/mol. The Morgan fingerprint density at radius 1 is 1.36 bits per heavy atom. The van der Waals surface area contributed by atoms with E-state index in [1.54, 1.807) is 36.2 Å². The molecule has 10 heteroatoms. The summed E-state index contributed by atoms with van der Waals surface area (Å²) >= 11 is 1.73. The highest BCUT2D eigenvalue weighted by atomic mass is 32.2. The van der Waals surface area contributed by atoms with Crippen LogP contribution in [-0.2, 0) is 14.3 Å². The van der Waals surface area contributed by atoms with Gasteiger partial charge in [-0.15, -0.1) is 11.8 Å². The van der Waals surface area contributed by atoms with Crippen LogP contribution in [0.2, 0.25) is 0 Å². The number of hydrazine groups is 2. The number of nitrogens with zero attached hydrogens (tertiary/aromatic N) is 2. The maximum absolute atomic E-state index is 12.3. The average Bonchev–Trinajstić information content (AvgIpc) is 3.27. The first-order valence-corrected chi connectivity index (χ1v) is 13.7. The maximum Gasteiger partial charge on any atom is 0.338 e. The molecule has 36 heavy (non-hydrogen) atoms. The van der Waals surface area contributed by atoms with E-state index in [1.165, 1.54) is 9.91 Å². The van der Waals surface area contributed by atoms with Crippen molar-refractivity contribution in [3.05, 3.63) is 58.7 Å². The van der Waals surface area contributed by atoms with E-state index in [2.05, 4.69) is 35.4 Å². The Morgan fingerprint density at radius 2 is 2.11 bits per heavy atom. The Kier molecular flexibility index (Phi) is 15.8. The summed E-state index contributed by atoms with van der Waals surface area (Å²) in [4.78, 5) is 27.8. The molecule has 202 valence electrons. The number of nitrogens with one attached hydrogen (secondary N) is 2. The number of thioether (sulfide) groups is 1. The number of carbonyl (C=O) groups is 2. The van der Waals surface area contributed by atoms with Crippen molar-refractivity contribution in [1.29, 1.82) is 0 Å². The van der Waals surface area contributed by atoms with Gasteiger partial charge in [-0.2, -0.15) is 0 Å². The van der Waals surface area contributed by atoms with E-state index < -0.39 is 0 Å². The van der Waals surface area contributed by atoms with Crippen LogP contribution in [0.3, 0.4) is 0 Å². The molecule has 1 fully saturated rings. The van der Waals surface area contributed by atoms with E-state index in [1.807, 2.05) is 19.9 Å². The second-order valence-electron chi connectivity index (χ2n) is 8.09. The van der Waals surface area contributed by atoms with Gasteiger partial charge in [0.15, 0.2) is 0 Å². The summed E-state index contributed by atoms with van der Waals surface area (Å²) in [6.45, 7) is 13.8. The third-order valence-electron chi connectivity index (χ3n) is 5.87. The number of hydrogen-bond acceptors (Lipinski definition) is 9. The highest BCUT2D eigenvalue weighted by Crippen LogP contribution is 2.40. The Balaban J connectivity index is 0.00000316. The minimum absolute atomic E-state index is 0.0471. The van der Waals surface area contributed by atoms with E-state index >= 15 is 0 Å². The van der Waals surface area contributed by atoms with Gasteiger partial charge in [-0.1, -0.05) is 45.6 Å². The van der Waals surface area contributed by atoms with Crippen LogP contribution in [0.15, 0.2) is 58.7 Å². The summed E-state index contributed by atoms with van der Waals surface area (Å²) in [6.07, 6.45) is 13.1. The number of likely N-dealkylation sites (N-methyl/N-ethyl adjacent to an activating group) is 1. The predicted octanol–water partition coefficient (Wildman–Crippen LogP) is 2.57. The van der Waals surface area contributed by atoms with Crippen molar-refractivity contribution in [2.75, 3.05) is 45.7 Å². The SMILES string of the molecule is C=C/C(=C\C=C\N(N)CNN)CC(=O)NCCN(CC)CCC1CC=C2C(=O)OCC2=C1SC.CC. The van der Waals surface area contributed by atoms with Crippen molar-refractivity contribution >= 4 is 23.6 Å². The third-order valence-corrected chi connectivity index (χ3v) is 6.89. The van der Waals surface area contributed by atoms with Crippen molar-refractivity contribution in [3.8, 4) is 0 Å². The molecule has 1 unspecified atom stereocenters. The molecule has 1 aliphatic heterocycles. The topological polar surface area (TPSA) is 126 Å². The van der Waals surface area contributed by atoms with Crippen LogP contribution in [0, 0.1) is 5.92 Å². The molecular weight excluding hydrogens is 476 g/mol. The lowest BCUT2D eigenvalue weighted by atomic mass is 9.89. The van der Waals surface area contributed by atoms with E-state index in [0.717, 1.165) is 49.2 Å². The van der Waals surface area contributed by atoms with E-state index in [0.29, 0.717) is 25.7 Å². The average molecular weight is 521 g/mol. The van der Waals surface area contributed by atoms with Crippen molar-refractivity contribution in [2.24, 2.45) is 17.6 Å². The number of allylic oxidation sites excluding steroid dienone is 5. The number of ether oxygens (including phenoxy) is 1. The van der Waals surface area contributed by atoms with Crippen LogP contribution in [-0.4, -0.2) is 67.5 Å². The molecule has 0 bridgehead atoms. The standard InChI is InChI=1S/C24H38N6O3S.C2H6/c1-4-18(7-6-12-30(26)17-28-25)15-22(31)27-11-14-29(5-2)13-10-19-8-9-20-21(23(19)34-3)16-33-24(20)32;1-2/h4,6-7,9,12,19,28H,1,5,8,10-11,13-17,25-26H2,2-3H3,(H,27,31);1-2H3/b12-6+,18-7+;. The van der Waals surface area contributed by atoms with Gasteiger partial charge in [0.2, 0.25) is 5.91 Å². The fourth-order valence-corrected chi connectivity index (χ4v) is 4.94. The summed E-state index contributed by atoms with van der Waals surface area (Å²) in [6, 6.07) is 0. The highest BCUT2D eigenvalue weighted by Gasteiger charge is 2.33. The summed E-state index contributed by atoms with van der Waals surface area (Å²) < 4.78 is 5.22. The van der Waals surface area contributed by atoms with Crippen molar-refractivity contribution in [3.63, 3.8) is 0 Å². The zero-order chi connectivity index (χ0) is 26.9. The first-order valence-electron chi connectivity index (χ1n) is 12.5. The summed E-state index contributed by atoms with van der Waals surface area (Å²) in [7, 11) is 0. The fourth-order valence-electron chi connectivity index (χ4n) is 3.98. The van der Waals surface area contributed by atoms with Gasteiger partial charge in [-0.25, -0.2) is 16.1 Å². The van der Waals surface area contributed by atoms with Crippen LogP contribution in [0.5, 0.6) is 0 Å². The van der Waals surface area contributed by atoms with Crippen LogP contribution < -0.4 is 22.4 Å². The molecule has 1 amide bonds. The van der Waals surface area contributed by atoms with E-state index in [4.69, 9.17) is 16.4 Å². The Labute approximate surface area is 220 Å². The third kappa shape index (κ3) is 10.3. The Morgan fingerprint density at radius 3 is 2.75 bits per heavy atom. The van der Waals surface area contributed by atoms with Crippen molar-refractivity contribution in [1.82, 2.24) is 20.7 Å². The number of hydrogen-bond donors (Lipinski definition) is 4. The van der Waals surface area contributed by atoms with Gasteiger partial charge in [0.05, 0.1) is 18.7 Å². The van der Waals surface area contributed by atoms with Gasteiger partial charge in [0.1, 0.15) is 6.61 Å². The van der Waals surface area contributed by atoms with Crippen molar-refractivity contribution < 1.29 is 14.3 Å². The molecule has 1 atom stereocenters. The summed E-state index contributed by atoms with van der Waals surface area (Å²) in [5, 5.41) is 4.38. The van der Waals surface area contributed by atoms with Gasteiger partial charge < -0.3 is 20.0 Å². The number of amides is 1. The van der Waals surface area contributed by atoms with Gasteiger partial charge in [-0.3, -0.25) is 10.6 Å². The zero-order valence-corrected chi connectivity index (χ0v) is 23.0. The molecule has 0 spiro atoms. The quantitative estimate of drug-likeness (QED) is 0.0847. The molecule has 0 aromatic heterocycles. The fraction of sp³-hybridized carbons (Fsp3) is 0.538. The molecule has 0 aromatic carbocycles. The van der Waals surface area contributed by atoms with Crippen molar-refractivity contribution in [2.45, 2.75) is 40.0 Å². The number of esters is 1. The molecular formula is C26H44N6O3S. The molecule has 1 saturated heterocycles. The Hall–Kier alpha value is -2.37. The molecule has 2 rings (SSSR count). The highest BCUT2D eigenvalue weighted by molar-refractivity contribution is 8.02. The van der Waals surface area contributed by atoms with Crippen LogP contribution in [0.25, 0.3) is 0 Å². The second kappa shape index (κ2) is 18.0. The number of nitrogens with two attached hydrogens (primary N) is 2. The van der Waals surface area contributed by atoms with Gasteiger partial charge in [0.25, 0.3) is 0 Å².